The standard InChI is InChI=1S/C12H15NO3S3/c1-9-7-12(18-11(9)8-14)19(15,16)13-5-4-10-3-2-6-17-10/h2-3,6-7,13-14H,4-5,8H2,1H3. The minimum atomic E-state index is -3.46. The van der Waals surface area contributed by atoms with Crippen molar-refractivity contribution >= 4 is 32.7 Å². The van der Waals surface area contributed by atoms with Gasteiger partial charge in [0.2, 0.25) is 10.0 Å². The Labute approximate surface area is 120 Å². The molecule has 19 heavy (non-hydrogen) atoms. The summed E-state index contributed by atoms with van der Waals surface area (Å²) in [5.74, 6) is 0. The summed E-state index contributed by atoms with van der Waals surface area (Å²) in [6.45, 7) is 2.06. The van der Waals surface area contributed by atoms with E-state index in [0.29, 0.717) is 17.8 Å². The number of aliphatic hydroxyl groups excluding tert-OH is 1. The fourth-order valence-corrected chi connectivity index (χ4v) is 4.85. The Morgan fingerprint density at radius 1 is 1.42 bits per heavy atom. The molecule has 0 atom stereocenters. The summed E-state index contributed by atoms with van der Waals surface area (Å²) in [4.78, 5) is 1.85. The Morgan fingerprint density at radius 3 is 2.79 bits per heavy atom. The van der Waals surface area contributed by atoms with Gasteiger partial charge in [-0.2, -0.15) is 0 Å². The maximum atomic E-state index is 12.1. The van der Waals surface area contributed by atoms with E-state index in [-0.39, 0.29) is 10.8 Å². The smallest absolute Gasteiger partial charge is 0.250 e. The molecule has 0 saturated heterocycles. The Kier molecular flexibility index (Phi) is 4.75. The molecular weight excluding hydrogens is 302 g/mol. The van der Waals surface area contributed by atoms with E-state index in [1.54, 1.807) is 24.3 Å². The van der Waals surface area contributed by atoms with Gasteiger partial charge in [-0.3, -0.25) is 0 Å². The van der Waals surface area contributed by atoms with Crippen molar-refractivity contribution in [1.82, 2.24) is 4.72 Å². The molecule has 2 heterocycles. The van der Waals surface area contributed by atoms with Gasteiger partial charge in [0.25, 0.3) is 0 Å². The molecule has 0 spiro atoms. The summed E-state index contributed by atoms with van der Waals surface area (Å²) in [5, 5.41) is 11.1. The van der Waals surface area contributed by atoms with Crippen LogP contribution in [0.3, 0.4) is 0 Å². The van der Waals surface area contributed by atoms with Gasteiger partial charge in [-0.25, -0.2) is 13.1 Å². The minimum Gasteiger partial charge on any atom is -0.391 e. The second-order valence-electron chi connectivity index (χ2n) is 4.06. The van der Waals surface area contributed by atoms with Crippen LogP contribution in [0.2, 0.25) is 0 Å². The zero-order valence-corrected chi connectivity index (χ0v) is 12.9. The number of aryl methyl sites for hydroxylation is 1. The molecule has 0 aliphatic rings. The third-order valence-corrected chi connectivity index (χ3v) is 6.74. The van der Waals surface area contributed by atoms with E-state index in [1.165, 1.54) is 0 Å². The average molecular weight is 317 g/mol. The van der Waals surface area contributed by atoms with E-state index in [2.05, 4.69) is 4.72 Å². The Morgan fingerprint density at radius 2 is 2.21 bits per heavy atom. The normalized spacial score (nSPS) is 11.9. The molecular formula is C12H15NO3S3. The number of sulfonamides is 1. The van der Waals surface area contributed by atoms with Crippen molar-refractivity contribution in [3.05, 3.63) is 38.9 Å². The number of hydrogen-bond acceptors (Lipinski definition) is 5. The summed E-state index contributed by atoms with van der Waals surface area (Å²) in [6.07, 6.45) is 0.689. The van der Waals surface area contributed by atoms with Crippen molar-refractivity contribution in [2.75, 3.05) is 6.54 Å². The van der Waals surface area contributed by atoms with Crippen LogP contribution in [0.4, 0.5) is 0 Å². The molecule has 7 heteroatoms. The van der Waals surface area contributed by atoms with Crippen molar-refractivity contribution in [2.45, 2.75) is 24.2 Å². The molecule has 2 rings (SSSR count). The lowest BCUT2D eigenvalue weighted by Crippen LogP contribution is -2.25. The summed E-state index contributed by atoms with van der Waals surface area (Å²) < 4.78 is 27.0. The first-order chi connectivity index (χ1) is 9.03. The van der Waals surface area contributed by atoms with Crippen molar-refractivity contribution < 1.29 is 13.5 Å². The van der Waals surface area contributed by atoms with Gasteiger partial charge < -0.3 is 5.11 Å². The van der Waals surface area contributed by atoms with Crippen LogP contribution in [0, 0.1) is 6.92 Å². The molecule has 2 aromatic heterocycles. The first kappa shape index (κ1) is 14.7. The molecule has 0 aliphatic heterocycles. The third kappa shape index (κ3) is 3.64. The van der Waals surface area contributed by atoms with Gasteiger partial charge in [0.1, 0.15) is 4.21 Å². The van der Waals surface area contributed by atoms with Gasteiger partial charge in [0.05, 0.1) is 6.61 Å². The second kappa shape index (κ2) is 6.15. The molecule has 0 unspecified atom stereocenters. The highest BCUT2D eigenvalue weighted by atomic mass is 32.2. The fraction of sp³-hybridized carbons (Fsp3) is 0.333. The molecule has 0 amide bonds. The maximum Gasteiger partial charge on any atom is 0.250 e. The number of rotatable bonds is 6. The van der Waals surface area contributed by atoms with Gasteiger partial charge in [-0.15, -0.1) is 22.7 Å². The van der Waals surface area contributed by atoms with E-state index in [1.807, 2.05) is 17.5 Å². The lowest BCUT2D eigenvalue weighted by atomic mass is 10.3. The maximum absolute atomic E-state index is 12.1. The highest BCUT2D eigenvalue weighted by Gasteiger charge is 2.18. The van der Waals surface area contributed by atoms with E-state index in [9.17, 15) is 8.42 Å². The van der Waals surface area contributed by atoms with E-state index < -0.39 is 10.0 Å². The summed E-state index contributed by atoms with van der Waals surface area (Å²) in [7, 11) is -3.46. The van der Waals surface area contributed by atoms with Crippen LogP contribution in [0.15, 0.2) is 27.8 Å². The molecule has 2 aromatic rings. The molecule has 0 fully saturated rings. The van der Waals surface area contributed by atoms with Crippen LogP contribution in [0.5, 0.6) is 0 Å². The summed E-state index contributed by atoms with van der Waals surface area (Å²) in [6, 6.07) is 5.53. The van der Waals surface area contributed by atoms with Crippen LogP contribution in [0.25, 0.3) is 0 Å². The zero-order valence-electron chi connectivity index (χ0n) is 10.4. The fourth-order valence-electron chi connectivity index (χ4n) is 1.61. The minimum absolute atomic E-state index is 0.124. The number of hydrogen-bond donors (Lipinski definition) is 2. The van der Waals surface area contributed by atoms with Crippen LogP contribution in [0.1, 0.15) is 15.3 Å². The molecule has 4 nitrogen and oxygen atoms in total. The zero-order chi connectivity index (χ0) is 13.9. The quantitative estimate of drug-likeness (QED) is 0.858. The predicted molar refractivity (Wildman–Crippen MR) is 78.2 cm³/mol. The van der Waals surface area contributed by atoms with Gasteiger partial charge >= 0.3 is 0 Å². The summed E-state index contributed by atoms with van der Waals surface area (Å²) >= 11 is 2.73. The van der Waals surface area contributed by atoms with E-state index >= 15 is 0 Å². The van der Waals surface area contributed by atoms with Crippen LogP contribution >= 0.6 is 22.7 Å². The van der Waals surface area contributed by atoms with Crippen LogP contribution in [-0.2, 0) is 23.1 Å². The number of nitrogens with one attached hydrogen (secondary N) is 1. The lowest BCUT2D eigenvalue weighted by molar-refractivity contribution is 0.285. The van der Waals surface area contributed by atoms with Gasteiger partial charge in [-0.05, 0) is 36.4 Å². The lowest BCUT2D eigenvalue weighted by Gasteiger charge is -2.03. The Hall–Kier alpha value is -0.730. The van der Waals surface area contributed by atoms with Crippen molar-refractivity contribution in [2.24, 2.45) is 0 Å². The highest BCUT2D eigenvalue weighted by Crippen LogP contribution is 2.25. The SMILES string of the molecule is Cc1cc(S(=O)(=O)NCCc2cccs2)sc1CO. The molecule has 104 valence electrons. The molecule has 0 radical (unpaired) electrons. The average Bonchev–Trinajstić information content (AvgIpc) is 2.98. The number of thiophene rings is 2. The van der Waals surface area contributed by atoms with Gasteiger partial charge in [-0.1, -0.05) is 6.07 Å². The molecule has 0 aliphatic carbocycles. The van der Waals surface area contributed by atoms with Gasteiger partial charge in [0.15, 0.2) is 0 Å². The van der Waals surface area contributed by atoms with Crippen molar-refractivity contribution in [1.29, 1.82) is 0 Å². The molecule has 0 bridgehead atoms. The highest BCUT2D eigenvalue weighted by molar-refractivity contribution is 7.91. The Balaban J connectivity index is 2.01. The van der Waals surface area contributed by atoms with Crippen molar-refractivity contribution in [3.8, 4) is 0 Å². The molecule has 0 saturated carbocycles. The van der Waals surface area contributed by atoms with E-state index in [0.717, 1.165) is 21.8 Å². The molecule has 2 N–H and O–H groups in total. The summed E-state index contributed by atoms with van der Waals surface area (Å²) in [5.41, 5.74) is 0.811. The third-order valence-electron chi connectivity index (χ3n) is 2.65. The van der Waals surface area contributed by atoms with Crippen molar-refractivity contribution in [3.63, 3.8) is 0 Å². The monoisotopic (exact) mass is 317 g/mol. The van der Waals surface area contributed by atoms with Crippen LogP contribution in [-0.4, -0.2) is 20.1 Å². The first-order valence-corrected chi connectivity index (χ1v) is 8.93. The second-order valence-corrected chi connectivity index (χ2v) is 8.22. The molecule has 0 aromatic carbocycles. The number of aliphatic hydroxyl groups is 1. The topological polar surface area (TPSA) is 66.4 Å². The van der Waals surface area contributed by atoms with Crippen LogP contribution < -0.4 is 4.72 Å². The predicted octanol–water partition coefficient (Wildman–Crippen LogP) is 2.13. The largest absolute Gasteiger partial charge is 0.391 e. The first-order valence-electron chi connectivity index (χ1n) is 5.75. The van der Waals surface area contributed by atoms with E-state index in [4.69, 9.17) is 5.11 Å². The Bertz CT molecular complexity index is 629. The van der Waals surface area contributed by atoms with Gasteiger partial charge in [0, 0.05) is 16.3 Å².